The van der Waals surface area contributed by atoms with E-state index >= 15 is 0 Å². The smallest absolute Gasteiger partial charge is 0.317 e. The number of rotatable bonds is 6. The van der Waals surface area contributed by atoms with Gasteiger partial charge in [0.05, 0.1) is 0 Å². The van der Waals surface area contributed by atoms with E-state index in [1.165, 1.54) is 0 Å². The molecule has 0 spiro atoms. The summed E-state index contributed by atoms with van der Waals surface area (Å²) in [5.74, 6) is -1.42. The predicted molar refractivity (Wildman–Crippen MR) is 107 cm³/mol. The average Bonchev–Trinajstić information content (AvgIpc) is 3.15. The molecular formula is C24H19NO3. The third kappa shape index (κ3) is 3.62. The zero-order chi connectivity index (χ0) is 19.3. The molecule has 1 heterocycles. The van der Waals surface area contributed by atoms with Gasteiger partial charge in [-0.05, 0) is 5.56 Å². The second-order valence-corrected chi connectivity index (χ2v) is 6.74. The molecule has 0 aromatic heterocycles. The van der Waals surface area contributed by atoms with Crippen molar-refractivity contribution in [3.8, 4) is 0 Å². The quantitative estimate of drug-likeness (QED) is 0.471. The van der Waals surface area contributed by atoms with Crippen molar-refractivity contribution in [2.24, 2.45) is 11.1 Å². The molecule has 0 saturated heterocycles. The zero-order valence-electron chi connectivity index (χ0n) is 15.2. The van der Waals surface area contributed by atoms with E-state index in [1.54, 1.807) is 12.1 Å². The Bertz CT molecular complexity index is 998. The fourth-order valence-electron chi connectivity index (χ4n) is 3.59. The highest BCUT2D eigenvalue weighted by Crippen LogP contribution is 2.36. The van der Waals surface area contributed by atoms with Crippen molar-refractivity contribution >= 4 is 17.5 Å². The van der Waals surface area contributed by atoms with E-state index in [0.717, 1.165) is 11.1 Å². The molecule has 3 aromatic carbocycles. The van der Waals surface area contributed by atoms with Crippen molar-refractivity contribution in [1.82, 2.24) is 0 Å². The molecule has 28 heavy (non-hydrogen) atoms. The molecule has 1 aliphatic heterocycles. The standard InChI is InChI=1S/C24H19NO3/c26-21(18-12-6-2-7-13-18)16-20(17-10-4-1-5-11-17)22-23(25-28-24(22)27)19-14-8-3-9-15-19/h1-15,20,22H,16H2/t20-,22-/m0/s1. The largest absolute Gasteiger partial charge is 0.344 e. The molecule has 0 radical (unpaired) electrons. The van der Waals surface area contributed by atoms with E-state index in [9.17, 15) is 9.59 Å². The molecule has 2 atom stereocenters. The fourth-order valence-corrected chi connectivity index (χ4v) is 3.59. The fraction of sp³-hybridized carbons (Fsp3) is 0.125. The molecule has 4 heteroatoms. The lowest BCUT2D eigenvalue weighted by Gasteiger charge is -2.22. The van der Waals surface area contributed by atoms with Gasteiger partial charge in [0.15, 0.2) is 5.78 Å². The summed E-state index contributed by atoms with van der Waals surface area (Å²) in [5, 5.41) is 4.05. The van der Waals surface area contributed by atoms with Gasteiger partial charge in [-0.3, -0.25) is 4.79 Å². The van der Waals surface area contributed by atoms with Gasteiger partial charge in [-0.1, -0.05) is 96.2 Å². The lowest BCUT2D eigenvalue weighted by molar-refractivity contribution is -0.143. The summed E-state index contributed by atoms with van der Waals surface area (Å²) in [4.78, 5) is 30.6. The second-order valence-electron chi connectivity index (χ2n) is 6.74. The van der Waals surface area contributed by atoms with Crippen molar-refractivity contribution < 1.29 is 14.4 Å². The summed E-state index contributed by atoms with van der Waals surface area (Å²) < 4.78 is 0. The van der Waals surface area contributed by atoms with Crippen molar-refractivity contribution in [1.29, 1.82) is 0 Å². The van der Waals surface area contributed by atoms with Crippen LogP contribution in [-0.2, 0) is 9.63 Å². The number of oxime groups is 1. The molecular weight excluding hydrogens is 350 g/mol. The second kappa shape index (κ2) is 8.01. The Morgan fingerprint density at radius 1 is 0.857 bits per heavy atom. The van der Waals surface area contributed by atoms with Gasteiger partial charge in [-0.15, -0.1) is 0 Å². The van der Waals surface area contributed by atoms with Crippen LogP contribution in [0, 0.1) is 5.92 Å². The Labute approximate surface area is 163 Å². The molecule has 0 saturated carbocycles. The van der Waals surface area contributed by atoms with Gasteiger partial charge in [-0.2, -0.15) is 0 Å². The van der Waals surface area contributed by atoms with Crippen LogP contribution < -0.4 is 0 Å². The van der Waals surface area contributed by atoms with Crippen LogP contribution in [0.15, 0.2) is 96.2 Å². The van der Waals surface area contributed by atoms with Crippen LogP contribution in [0.4, 0.5) is 0 Å². The van der Waals surface area contributed by atoms with Crippen molar-refractivity contribution in [3.05, 3.63) is 108 Å². The van der Waals surface area contributed by atoms with Crippen LogP contribution in [0.25, 0.3) is 0 Å². The van der Waals surface area contributed by atoms with Gasteiger partial charge >= 0.3 is 5.97 Å². The topological polar surface area (TPSA) is 55.7 Å². The van der Waals surface area contributed by atoms with Crippen LogP contribution in [0.2, 0.25) is 0 Å². The Morgan fingerprint density at radius 2 is 1.43 bits per heavy atom. The number of benzene rings is 3. The van der Waals surface area contributed by atoms with Gasteiger partial charge in [-0.25, -0.2) is 4.79 Å². The molecule has 3 aromatic rings. The van der Waals surface area contributed by atoms with E-state index in [1.807, 2.05) is 78.9 Å². The first-order chi connectivity index (χ1) is 13.7. The molecule has 1 aliphatic rings. The van der Waals surface area contributed by atoms with E-state index in [4.69, 9.17) is 4.84 Å². The molecule has 4 nitrogen and oxygen atoms in total. The Balaban J connectivity index is 1.72. The van der Waals surface area contributed by atoms with E-state index in [-0.39, 0.29) is 18.1 Å². The van der Waals surface area contributed by atoms with Gasteiger partial charge in [0, 0.05) is 23.5 Å². The first-order valence-corrected chi connectivity index (χ1v) is 9.21. The lowest BCUT2D eigenvalue weighted by Crippen LogP contribution is -2.28. The third-order valence-corrected chi connectivity index (χ3v) is 4.98. The number of hydrogen-bond acceptors (Lipinski definition) is 4. The number of Topliss-reactive ketones (excluding diaryl/α,β-unsaturated/α-hetero) is 1. The van der Waals surface area contributed by atoms with Crippen LogP contribution in [0.5, 0.6) is 0 Å². The maximum Gasteiger partial charge on any atom is 0.344 e. The van der Waals surface area contributed by atoms with E-state index in [0.29, 0.717) is 11.3 Å². The van der Waals surface area contributed by atoms with Gasteiger partial charge in [0.2, 0.25) is 0 Å². The summed E-state index contributed by atoms with van der Waals surface area (Å²) in [6, 6.07) is 28.3. The van der Waals surface area contributed by atoms with Crippen molar-refractivity contribution in [2.75, 3.05) is 0 Å². The van der Waals surface area contributed by atoms with E-state index < -0.39 is 11.9 Å². The summed E-state index contributed by atoms with van der Waals surface area (Å²) in [5.41, 5.74) is 2.94. The van der Waals surface area contributed by atoms with Crippen LogP contribution >= 0.6 is 0 Å². The lowest BCUT2D eigenvalue weighted by atomic mass is 9.77. The summed E-state index contributed by atoms with van der Waals surface area (Å²) >= 11 is 0. The number of nitrogens with zero attached hydrogens (tertiary/aromatic N) is 1. The normalized spacial score (nSPS) is 16.9. The maximum absolute atomic E-state index is 12.9. The molecule has 0 aliphatic carbocycles. The molecule has 0 fully saturated rings. The molecule has 0 N–H and O–H groups in total. The minimum Gasteiger partial charge on any atom is -0.317 e. The Hall–Kier alpha value is -3.53. The SMILES string of the molecule is O=C(C[C@@H](c1ccccc1)[C@@H]1C(=O)ON=C1c1ccccc1)c1ccccc1. The molecule has 0 amide bonds. The van der Waals surface area contributed by atoms with E-state index in [2.05, 4.69) is 5.16 Å². The van der Waals surface area contributed by atoms with Crippen LogP contribution in [0.1, 0.15) is 33.8 Å². The minimum atomic E-state index is -0.627. The van der Waals surface area contributed by atoms with Gasteiger partial charge in [0.1, 0.15) is 11.6 Å². The molecule has 138 valence electrons. The minimum absolute atomic E-state index is 0.0124. The highest BCUT2D eigenvalue weighted by atomic mass is 16.7. The maximum atomic E-state index is 12.9. The Kier molecular flexibility index (Phi) is 5.11. The predicted octanol–water partition coefficient (Wildman–Crippen LogP) is 4.62. The number of hydrogen-bond donors (Lipinski definition) is 0. The van der Waals surface area contributed by atoms with Crippen LogP contribution in [-0.4, -0.2) is 17.5 Å². The first-order valence-electron chi connectivity index (χ1n) is 9.21. The highest BCUT2D eigenvalue weighted by molar-refractivity contribution is 6.15. The van der Waals surface area contributed by atoms with Gasteiger partial charge in [0.25, 0.3) is 0 Å². The zero-order valence-corrected chi connectivity index (χ0v) is 15.2. The van der Waals surface area contributed by atoms with Crippen LogP contribution in [0.3, 0.4) is 0 Å². The number of carbonyl (C=O) groups excluding carboxylic acids is 2. The van der Waals surface area contributed by atoms with Crippen molar-refractivity contribution in [3.63, 3.8) is 0 Å². The molecule has 4 rings (SSSR count). The highest BCUT2D eigenvalue weighted by Gasteiger charge is 2.41. The third-order valence-electron chi connectivity index (χ3n) is 4.98. The Morgan fingerprint density at radius 3 is 2.07 bits per heavy atom. The summed E-state index contributed by atoms with van der Waals surface area (Å²) in [6.45, 7) is 0. The molecule has 0 unspecified atom stereocenters. The van der Waals surface area contributed by atoms with Gasteiger partial charge < -0.3 is 4.84 Å². The molecule has 0 bridgehead atoms. The number of carbonyl (C=O) groups is 2. The average molecular weight is 369 g/mol. The summed E-state index contributed by atoms with van der Waals surface area (Å²) in [6.07, 6.45) is 0.194. The number of ketones is 1. The van der Waals surface area contributed by atoms with Crippen molar-refractivity contribution in [2.45, 2.75) is 12.3 Å². The monoisotopic (exact) mass is 369 g/mol. The summed E-state index contributed by atoms with van der Waals surface area (Å²) in [7, 11) is 0. The first kappa shape index (κ1) is 17.9.